The summed E-state index contributed by atoms with van der Waals surface area (Å²) >= 11 is 0. The average Bonchev–Trinajstić information content (AvgIpc) is 2.17. The fourth-order valence-corrected chi connectivity index (χ4v) is 2.01. The molecule has 0 aromatic carbocycles. The van der Waals surface area contributed by atoms with Crippen molar-refractivity contribution >= 4 is 5.97 Å². The van der Waals surface area contributed by atoms with Crippen LogP contribution in [-0.4, -0.2) is 47.3 Å². The first-order valence-corrected chi connectivity index (χ1v) is 5.28. The summed E-state index contributed by atoms with van der Waals surface area (Å²) in [4.78, 5) is 12.5. The van der Waals surface area contributed by atoms with Gasteiger partial charge >= 0.3 is 5.97 Å². The van der Waals surface area contributed by atoms with Crippen LogP contribution in [0.25, 0.3) is 0 Å². The lowest BCUT2D eigenvalue weighted by Crippen LogP contribution is -2.43. The number of carboxylic acid groups (broad SMARTS) is 1. The standard InChI is InChI=1S/C11H19NO3/c1-11(9-13)5-3-7-12(8-11)6-2-4-10(14)15/h2,4,13H,3,5-9H2,1H3,(H,14,15). The summed E-state index contributed by atoms with van der Waals surface area (Å²) in [6.07, 6.45) is 4.94. The Bertz CT molecular complexity index is 252. The summed E-state index contributed by atoms with van der Waals surface area (Å²) in [5.74, 6) is -0.906. The van der Waals surface area contributed by atoms with E-state index in [4.69, 9.17) is 5.11 Å². The van der Waals surface area contributed by atoms with E-state index in [1.807, 2.05) is 0 Å². The molecule has 0 radical (unpaired) electrons. The topological polar surface area (TPSA) is 60.8 Å². The number of rotatable bonds is 4. The van der Waals surface area contributed by atoms with Crippen LogP contribution < -0.4 is 0 Å². The van der Waals surface area contributed by atoms with Crippen LogP contribution in [0, 0.1) is 5.41 Å². The number of hydrogen-bond acceptors (Lipinski definition) is 3. The minimum absolute atomic E-state index is 0.0185. The van der Waals surface area contributed by atoms with Gasteiger partial charge in [-0.05, 0) is 19.4 Å². The number of piperidine rings is 1. The van der Waals surface area contributed by atoms with Crippen LogP contribution in [-0.2, 0) is 4.79 Å². The van der Waals surface area contributed by atoms with Crippen LogP contribution in [0.1, 0.15) is 19.8 Å². The van der Waals surface area contributed by atoms with E-state index in [-0.39, 0.29) is 12.0 Å². The zero-order valence-electron chi connectivity index (χ0n) is 9.15. The molecular formula is C11H19NO3. The van der Waals surface area contributed by atoms with Crippen molar-refractivity contribution in [1.82, 2.24) is 4.90 Å². The predicted octanol–water partition coefficient (Wildman–Crippen LogP) is 0.722. The van der Waals surface area contributed by atoms with E-state index in [2.05, 4.69) is 11.8 Å². The van der Waals surface area contributed by atoms with Crippen molar-refractivity contribution in [1.29, 1.82) is 0 Å². The summed E-state index contributed by atoms with van der Waals surface area (Å²) in [7, 11) is 0. The number of carboxylic acids is 1. The van der Waals surface area contributed by atoms with Gasteiger partial charge in [0.05, 0.1) is 0 Å². The Kier molecular flexibility index (Phi) is 4.29. The Morgan fingerprint density at radius 3 is 2.93 bits per heavy atom. The third kappa shape index (κ3) is 4.01. The van der Waals surface area contributed by atoms with E-state index in [0.29, 0.717) is 6.54 Å². The molecule has 15 heavy (non-hydrogen) atoms. The monoisotopic (exact) mass is 213 g/mol. The highest BCUT2D eigenvalue weighted by Crippen LogP contribution is 2.28. The van der Waals surface area contributed by atoms with Crippen LogP contribution in [0.15, 0.2) is 12.2 Å². The maximum Gasteiger partial charge on any atom is 0.328 e. The molecule has 1 atom stereocenters. The van der Waals surface area contributed by atoms with Gasteiger partial charge < -0.3 is 10.2 Å². The number of nitrogens with zero attached hydrogens (tertiary/aromatic N) is 1. The number of likely N-dealkylation sites (tertiary alicyclic amines) is 1. The Morgan fingerprint density at radius 2 is 2.33 bits per heavy atom. The van der Waals surface area contributed by atoms with Gasteiger partial charge in [0.2, 0.25) is 0 Å². The molecule has 1 fully saturated rings. The maximum atomic E-state index is 10.3. The Labute approximate surface area is 90.2 Å². The molecule has 0 bridgehead atoms. The van der Waals surface area contributed by atoms with E-state index in [9.17, 15) is 9.90 Å². The smallest absolute Gasteiger partial charge is 0.328 e. The molecule has 0 saturated carbocycles. The van der Waals surface area contributed by atoms with E-state index in [1.165, 1.54) is 6.08 Å². The molecule has 2 N–H and O–H groups in total. The average molecular weight is 213 g/mol. The van der Waals surface area contributed by atoms with E-state index in [0.717, 1.165) is 25.9 Å². The fraction of sp³-hybridized carbons (Fsp3) is 0.727. The summed E-state index contributed by atoms with van der Waals surface area (Å²) in [6, 6.07) is 0. The molecule has 1 aliphatic heterocycles. The number of carbonyl (C=O) groups is 1. The second-order valence-electron chi connectivity index (χ2n) is 4.55. The molecular weight excluding hydrogens is 194 g/mol. The predicted molar refractivity (Wildman–Crippen MR) is 57.6 cm³/mol. The van der Waals surface area contributed by atoms with Crippen LogP contribution in [0.2, 0.25) is 0 Å². The Morgan fingerprint density at radius 1 is 1.60 bits per heavy atom. The lowest BCUT2D eigenvalue weighted by molar-refractivity contribution is -0.131. The first-order valence-electron chi connectivity index (χ1n) is 5.28. The lowest BCUT2D eigenvalue weighted by atomic mass is 9.83. The van der Waals surface area contributed by atoms with Crippen LogP contribution in [0.4, 0.5) is 0 Å². The van der Waals surface area contributed by atoms with Gasteiger partial charge in [0.15, 0.2) is 0 Å². The second-order valence-corrected chi connectivity index (χ2v) is 4.55. The largest absolute Gasteiger partial charge is 0.478 e. The minimum Gasteiger partial charge on any atom is -0.478 e. The molecule has 1 heterocycles. The van der Waals surface area contributed by atoms with Crippen molar-refractivity contribution in [2.45, 2.75) is 19.8 Å². The van der Waals surface area contributed by atoms with Crippen molar-refractivity contribution in [3.8, 4) is 0 Å². The van der Waals surface area contributed by atoms with E-state index >= 15 is 0 Å². The maximum absolute atomic E-state index is 10.3. The van der Waals surface area contributed by atoms with Crippen molar-refractivity contribution in [2.75, 3.05) is 26.2 Å². The van der Waals surface area contributed by atoms with Crippen molar-refractivity contribution < 1.29 is 15.0 Å². The molecule has 0 aliphatic carbocycles. The van der Waals surface area contributed by atoms with Crippen LogP contribution >= 0.6 is 0 Å². The first-order chi connectivity index (χ1) is 7.06. The highest BCUT2D eigenvalue weighted by molar-refractivity contribution is 5.79. The van der Waals surface area contributed by atoms with Gasteiger partial charge in [-0.25, -0.2) is 4.79 Å². The van der Waals surface area contributed by atoms with Gasteiger partial charge in [-0.2, -0.15) is 0 Å². The van der Waals surface area contributed by atoms with Crippen LogP contribution in [0.3, 0.4) is 0 Å². The summed E-state index contributed by atoms with van der Waals surface area (Å²) in [6.45, 7) is 4.75. The highest BCUT2D eigenvalue weighted by atomic mass is 16.4. The molecule has 4 nitrogen and oxygen atoms in total. The number of aliphatic carboxylic acids is 1. The number of aliphatic hydroxyl groups is 1. The molecule has 1 saturated heterocycles. The zero-order chi connectivity index (χ0) is 11.3. The molecule has 86 valence electrons. The van der Waals surface area contributed by atoms with Gasteiger partial charge in [-0.15, -0.1) is 0 Å². The molecule has 1 unspecified atom stereocenters. The SMILES string of the molecule is CC1(CO)CCCN(CC=CC(=O)O)C1. The quantitative estimate of drug-likeness (QED) is 0.676. The lowest BCUT2D eigenvalue weighted by Gasteiger charge is -2.38. The Balaban J connectivity index is 2.40. The third-order valence-electron chi connectivity index (χ3n) is 2.87. The number of hydrogen-bond donors (Lipinski definition) is 2. The second kappa shape index (κ2) is 5.28. The molecule has 0 amide bonds. The highest BCUT2D eigenvalue weighted by Gasteiger charge is 2.29. The first kappa shape index (κ1) is 12.2. The molecule has 4 heteroatoms. The number of aliphatic hydroxyl groups excluding tert-OH is 1. The van der Waals surface area contributed by atoms with Gasteiger partial charge in [0, 0.05) is 31.2 Å². The normalized spacial score (nSPS) is 28.4. The third-order valence-corrected chi connectivity index (χ3v) is 2.87. The van der Waals surface area contributed by atoms with Gasteiger partial charge in [0.1, 0.15) is 0 Å². The fourth-order valence-electron chi connectivity index (χ4n) is 2.01. The zero-order valence-corrected chi connectivity index (χ0v) is 9.15. The van der Waals surface area contributed by atoms with E-state index in [1.54, 1.807) is 6.08 Å². The minimum atomic E-state index is -0.906. The molecule has 1 aliphatic rings. The van der Waals surface area contributed by atoms with Crippen LogP contribution in [0.5, 0.6) is 0 Å². The van der Waals surface area contributed by atoms with Crippen molar-refractivity contribution in [3.05, 3.63) is 12.2 Å². The molecule has 0 spiro atoms. The molecule has 0 aromatic heterocycles. The van der Waals surface area contributed by atoms with Gasteiger partial charge in [0.25, 0.3) is 0 Å². The Hall–Kier alpha value is -0.870. The van der Waals surface area contributed by atoms with E-state index < -0.39 is 5.97 Å². The van der Waals surface area contributed by atoms with Gasteiger partial charge in [-0.1, -0.05) is 13.0 Å². The van der Waals surface area contributed by atoms with Crippen molar-refractivity contribution in [3.63, 3.8) is 0 Å². The molecule has 1 rings (SSSR count). The summed E-state index contributed by atoms with van der Waals surface area (Å²) in [5, 5.41) is 17.7. The summed E-state index contributed by atoms with van der Waals surface area (Å²) < 4.78 is 0. The molecule has 0 aromatic rings. The summed E-state index contributed by atoms with van der Waals surface area (Å²) in [5.41, 5.74) is -0.0185. The van der Waals surface area contributed by atoms with Crippen molar-refractivity contribution in [2.24, 2.45) is 5.41 Å². The van der Waals surface area contributed by atoms with Gasteiger partial charge in [-0.3, -0.25) is 4.90 Å².